The zero-order valence-electron chi connectivity index (χ0n) is 23.2. The average molecular weight is 506 g/mol. The van der Waals surface area contributed by atoms with Crippen LogP contribution in [0.25, 0.3) is 11.0 Å². The third kappa shape index (κ3) is 8.57. The number of carbonyl (C=O) groups excluding carboxylic acids is 1. The predicted molar refractivity (Wildman–Crippen MR) is 156 cm³/mol. The van der Waals surface area contributed by atoms with Crippen molar-refractivity contribution in [2.45, 2.75) is 59.4 Å². The Labute approximate surface area is 221 Å². The standard InChI is InChI=1S/C28H36N4O.CH5N.CH2O/c1-19(2)12-14-28(4)13-8-9-21(18-28)29-26-27(32-25-11-7-6-10-24(25)31-26)30-22-15-20(3)16-23(17-22)33-5;2*1-2/h6-11,15-17,19,21H,12-14,18H2,1-5H3,(H,29,31)(H,30,32);2H2,1H3;1H2/t21?,28-;;/m0../s1. The van der Waals surface area contributed by atoms with Crippen molar-refractivity contribution in [3.8, 4) is 5.75 Å². The van der Waals surface area contributed by atoms with Crippen molar-refractivity contribution >= 4 is 35.1 Å². The van der Waals surface area contributed by atoms with Gasteiger partial charge in [-0.05, 0) is 74.4 Å². The molecule has 1 aromatic heterocycles. The van der Waals surface area contributed by atoms with Gasteiger partial charge in [0, 0.05) is 17.8 Å². The van der Waals surface area contributed by atoms with Gasteiger partial charge in [-0.15, -0.1) is 0 Å². The van der Waals surface area contributed by atoms with Crippen LogP contribution in [-0.4, -0.2) is 37.0 Å². The van der Waals surface area contributed by atoms with E-state index in [1.807, 2.05) is 43.2 Å². The molecular formula is C30H43N5O2. The topological polar surface area (TPSA) is 102 Å². The van der Waals surface area contributed by atoms with Crippen LogP contribution in [0.5, 0.6) is 5.75 Å². The SMILES string of the molecule is C=O.CN.COc1cc(C)cc(Nc2nc3ccccc3nc2NC2C=CC[C@@](C)(CCC(C)C)C2)c1. The van der Waals surface area contributed by atoms with Crippen LogP contribution in [0.4, 0.5) is 17.3 Å². The number of aromatic nitrogens is 2. The third-order valence-electron chi connectivity index (χ3n) is 6.46. The van der Waals surface area contributed by atoms with Gasteiger partial charge in [-0.1, -0.05) is 51.5 Å². The summed E-state index contributed by atoms with van der Waals surface area (Å²) in [4.78, 5) is 17.9. The fourth-order valence-corrected chi connectivity index (χ4v) is 4.58. The number of fused-ring (bicyclic) bond motifs is 1. The van der Waals surface area contributed by atoms with Crippen molar-refractivity contribution in [1.29, 1.82) is 0 Å². The highest BCUT2D eigenvalue weighted by molar-refractivity contribution is 5.82. The molecule has 0 fully saturated rings. The average Bonchev–Trinajstić information content (AvgIpc) is 2.90. The fourth-order valence-electron chi connectivity index (χ4n) is 4.58. The van der Waals surface area contributed by atoms with Crippen molar-refractivity contribution in [2.24, 2.45) is 17.1 Å². The molecule has 0 bridgehead atoms. The molecule has 1 unspecified atom stereocenters. The van der Waals surface area contributed by atoms with Crippen molar-refractivity contribution in [3.05, 3.63) is 60.2 Å². The molecular weight excluding hydrogens is 462 g/mol. The minimum atomic E-state index is 0.221. The Kier molecular flexibility index (Phi) is 11.5. The molecule has 0 spiro atoms. The van der Waals surface area contributed by atoms with E-state index < -0.39 is 0 Å². The third-order valence-corrected chi connectivity index (χ3v) is 6.46. The predicted octanol–water partition coefficient (Wildman–Crippen LogP) is 6.65. The smallest absolute Gasteiger partial charge is 0.174 e. The molecule has 1 aliphatic rings. The zero-order chi connectivity index (χ0) is 27.4. The number of nitrogens with one attached hydrogen (secondary N) is 2. The first-order chi connectivity index (χ1) is 17.8. The van der Waals surface area contributed by atoms with Crippen LogP contribution < -0.4 is 21.1 Å². The minimum absolute atomic E-state index is 0.221. The zero-order valence-corrected chi connectivity index (χ0v) is 23.2. The summed E-state index contributed by atoms with van der Waals surface area (Å²) in [6.45, 7) is 11.1. The first kappa shape index (κ1) is 29.8. The lowest BCUT2D eigenvalue weighted by atomic mass is 9.73. The van der Waals surface area contributed by atoms with E-state index in [0.29, 0.717) is 5.41 Å². The van der Waals surface area contributed by atoms with Crippen LogP contribution in [0.1, 0.15) is 52.0 Å². The van der Waals surface area contributed by atoms with Gasteiger partial charge < -0.3 is 25.9 Å². The lowest BCUT2D eigenvalue weighted by Gasteiger charge is -2.36. The molecule has 7 nitrogen and oxygen atoms in total. The molecule has 1 heterocycles. The van der Waals surface area contributed by atoms with Crippen molar-refractivity contribution < 1.29 is 9.53 Å². The number of benzene rings is 2. The molecule has 2 aromatic carbocycles. The molecule has 37 heavy (non-hydrogen) atoms. The number of allylic oxidation sites excluding steroid dienone is 1. The number of nitrogens with zero attached hydrogens (tertiary/aromatic N) is 2. The monoisotopic (exact) mass is 505 g/mol. The number of methoxy groups -OCH3 is 1. The molecule has 0 aliphatic heterocycles. The fraction of sp³-hybridized carbons (Fsp3) is 0.433. The Morgan fingerprint density at radius 3 is 2.38 bits per heavy atom. The highest BCUT2D eigenvalue weighted by atomic mass is 16.5. The first-order valence-electron chi connectivity index (χ1n) is 12.8. The molecule has 2 atom stereocenters. The lowest BCUT2D eigenvalue weighted by molar-refractivity contribution is -0.0980. The number of ether oxygens (including phenoxy) is 1. The maximum absolute atomic E-state index is 8.00. The van der Waals surface area contributed by atoms with Gasteiger partial charge in [0.1, 0.15) is 12.5 Å². The molecule has 200 valence electrons. The summed E-state index contributed by atoms with van der Waals surface area (Å²) in [5.41, 5.74) is 8.61. The number of carbonyl (C=O) groups is 1. The van der Waals surface area contributed by atoms with Crippen LogP contribution in [0, 0.1) is 18.3 Å². The van der Waals surface area contributed by atoms with Crippen LogP contribution >= 0.6 is 0 Å². The molecule has 7 heteroatoms. The number of rotatable bonds is 8. The second kappa shape index (κ2) is 14.3. The van der Waals surface area contributed by atoms with Crippen molar-refractivity contribution in [1.82, 2.24) is 9.97 Å². The van der Waals surface area contributed by atoms with Gasteiger partial charge in [0.25, 0.3) is 0 Å². The molecule has 0 radical (unpaired) electrons. The minimum Gasteiger partial charge on any atom is -0.497 e. The molecule has 4 rings (SSSR count). The molecule has 0 amide bonds. The Bertz CT molecular complexity index is 1160. The van der Waals surface area contributed by atoms with E-state index in [4.69, 9.17) is 19.5 Å². The number of para-hydroxylation sites is 2. The van der Waals surface area contributed by atoms with Gasteiger partial charge >= 0.3 is 0 Å². The van der Waals surface area contributed by atoms with E-state index in [1.165, 1.54) is 19.9 Å². The summed E-state index contributed by atoms with van der Waals surface area (Å²) in [7, 11) is 3.19. The number of aryl methyl sites for hydroxylation is 1. The van der Waals surface area contributed by atoms with E-state index in [9.17, 15) is 0 Å². The van der Waals surface area contributed by atoms with Crippen molar-refractivity contribution in [2.75, 3.05) is 24.8 Å². The normalized spacial score (nSPS) is 18.3. The Morgan fingerprint density at radius 1 is 1.11 bits per heavy atom. The van der Waals surface area contributed by atoms with Crippen LogP contribution in [0.2, 0.25) is 0 Å². The van der Waals surface area contributed by atoms with Crippen LogP contribution in [0.15, 0.2) is 54.6 Å². The maximum Gasteiger partial charge on any atom is 0.174 e. The van der Waals surface area contributed by atoms with Gasteiger partial charge in [-0.2, -0.15) is 0 Å². The number of hydrogen-bond donors (Lipinski definition) is 3. The van der Waals surface area contributed by atoms with Crippen LogP contribution in [0.3, 0.4) is 0 Å². The Morgan fingerprint density at radius 2 is 1.76 bits per heavy atom. The lowest BCUT2D eigenvalue weighted by Crippen LogP contribution is -2.31. The van der Waals surface area contributed by atoms with Crippen molar-refractivity contribution in [3.63, 3.8) is 0 Å². The summed E-state index contributed by atoms with van der Waals surface area (Å²) >= 11 is 0. The Hall–Kier alpha value is -3.45. The van der Waals surface area contributed by atoms with Gasteiger partial charge in [0.05, 0.1) is 18.1 Å². The summed E-state index contributed by atoms with van der Waals surface area (Å²) in [6.07, 6.45) is 9.33. The number of nitrogens with two attached hydrogens (primary N) is 1. The highest BCUT2D eigenvalue weighted by Gasteiger charge is 2.30. The summed E-state index contributed by atoms with van der Waals surface area (Å²) < 4.78 is 5.46. The molecule has 3 aromatic rings. The highest BCUT2D eigenvalue weighted by Crippen LogP contribution is 2.39. The molecule has 0 saturated carbocycles. The van der Waals surface area contributed by atoms with Crippen LogP contribution in [-0.2, 0) is 4.79 Å². The second-order valence-electron chi connectivity index (χ2n) is 10.1. The van der Waals surface area contributed by atoms with Gasteiger partial charge in [-0.3, -0.25) is 0 Å². The summed E-state index contributed by atoms with van der Waals surface area (Å²) in [5.74, 6) is 3.05. The van der Waals surface area contributed by atoms with E-state index in [2.05, 4.69) is 62.3 Å². The molecule has 4 N–H and O–H groups in total. The quantitative estimate of drug-likeness (QED) is 0.294. The Balaban J connectivity index is 0.00000115. The molecule has 1 aliphatic carbocycles. The van der Waals surface area contributed by atoms with Gasteiger partial charge in [-0.25, -0.2) is 9.97 Å². The molecule has 0 saturated heterocycles. The van der Waals surface area contributed by atoms with E-state index in [0.717, 1.165) is 58.4 Å². The van der Waals surface area contributed by atoms with Gasteiger partial charge in [0.2, 0.25) is 0 Å². The second-order valence-corrected chi connectivity index (χ2v) is 10.1. The summed E-state index contributed by atoms with van der Waals surface area (Å²) in [5, 5.41) is 7.18. The first-order valence-corrected chi connectivity index (χ1v) is 12.8. The number of anilines is 3. The van der Waals surface area contributed by atoms with E-state index in [-0.39, 0.29) is 6.04 Å². The summed E-state index contributed by atoms with van der Waals surface area (Å²) in [6, 6.07) is 14.3. The van der Waals surface area contributed by atoms with Gasteiger partial charge in [0.15, 0.2) is 11.6 Å². The maximum atomic E-state index is 8.00. The van der Waals surface area contributed by atoms with E-state index in [1.54, 1.807) is 7.11 Å². The number of hydrogen-bond acceptors (Lipinski definition) is 7. The van der Waals surface area contributed by atoms with E-state index >= 15 is 0 Å². The largest absolute Gasteiger partial charge is 0.497 e.